The van der Waals surface area contributed by atoms with E-state index < -0.39 is 0 Å². The van der Waals surface area contributed by atoms with E-state index in [9.17, 15) is 0 Å². The van der Waals surface area contributed by atoms with Crippen molar-refractivity contribution in [2.24, 2.45) is 0 Å². The molecule has 0 saturated heterocycles. The molecule has 0 aliphatic rings. The molecular weight excluding hydrogens is 412 g/mol. The summed E-state index contributed by atoms with van der Waals surface area (Å²) in [5.41, 5.74) is 5.88. The lowest BCUT2D eigenvalue weighted by Gasteiger charge is -2.16. The van der Waals surface area contributed by atoms with Crippen LogP contribution in [0.5, 0.6) is 0 Å². The van der Waals surface area contributed by atoms with Crippen molar-refractivity contribution < 1.29 is 0 Å². The minimum atomic E-state index is 0.665. The first-order valence-corrected chi connectivity index (χ1v) is 11.5. The number of benzene rings is 6. The summed E-state index contributed by atoms with van der Waals surface area (Å²) in [6, 6.07) is 37.5. The van der Waals surface area contributed by atoms with Gasteiger partial charge in [-0.05, 0) is 78.8 Å². The molecule has 6 aromatic carbocycles. The Balaban J connectivity index is 0.00000117. The van der Waals surface area contributed by atoms with Gasteiger partial charge in [-0.2, -0.15) is 10.5 Å². The van der Waals surface area contributed by atoms with Crippen molar-refractivity contribution in [3.63, 3.8) is 0 Å². The third kappa shape index (κ3) is 3.34. The summed E-state index contributed by atoms with van der Waals surface area (Å²) in [5, 5.41) is 25.7. The van der Waals surface area contributed by atoms with Gasteiger partial charge in [0.05, 0.1) is 23.3 Å². The molecule has 0 saturated carbocycles. The molecule has 34 heavy (non-hydrogen) atoms. The third-order valence-corrected chi connectivity index (χ3v) is 6.31. The van der Waals surface area contributed by atoms with Crippen LogP contribution in [0.4, 0.5) is 0 Å². The summed E-state index contributed by atoms with van der Waals surface area (Å²) in [6.07, 6.45) is 0. The van der Waals surface area contributed by atoms with E-state index in [1.807, 2.05) is 62.4 Å². The lowest BCUT2D eigenvalue weighted by atomic mass is 9.87. The van der Waals surface area contributed by atoms with Crippen LogP contribution in [0.25, 0.3) is 54.6 Å². The fourth-order valence-electron chi connectivity index (χ4n) is 4.75. The van der Waals surface area contributed by atoms with Crippen LogP contribution in [-0.4, -0.2) is 0 Å². The van der Waals surface area contributed by atoms with Gasteiger partial charge in [0, 0.05) is 0 Å². The van der Waals surface area contributed by atoms with Gasteiger partial charge in [0.1, 0.15) is 0 Å². The minimum absolute atomic E-state index is 0.665. The number of hydrogen-bond acceptors (Lipinski definition) is 2. The predicted octanol–water partition coefficient (Wildman–Crippen LogP) is 8.69. The monoisotopic (exact) mass is 434 g/mol. The highest BCUT2D eigenvalue weighted by Crippen LogP contribution is 2.42. The van der Waals surface area contributed by atoms with Crippen LogP contribution in [0.3, 0.4) is 0 Å². The van der Waals surface area contributed by atoms with Gasteiger partial charge in [-0.25, -0.2) is 0 Å². The van der Waals surface area contributed by atoms with Crippen molar-refractivity contribution >= 4 is 32.3 Å². The van der Waals surface area contributed by atoms with Crippen LogP contribution < -0.4 is 0 Å². The highest BCUT2D eigenvalue weighted by atomic mass is 14.2. The maximum absolute atomic E-state index is 9.14. The molecule has 6 rings (SSSR count). The molecular formula is C32H22N2. The van der Waals surface area contributed by atoms with Crippen LogP contribution in [0.15, 0.2) is 97.1 Å². The largest absolute Gasteiger partial charge is 0.192 e. The average Bonchev–Trinajstić information content (AvgIpc) is 2.93. The first-order chi connectivity index (χ1) is 16.8. The first kappa shape index (κ1) is 21.2. The van der Waals surface area contributed by atoms with E-state index in [1.165, 1.54) is 43.4 Å². The zero-order valence-electron chi connectivity index (χ0n) is 19.1. The Labute approximate surface area is 199 Å². The van der Waals surface area contributed by atoms with Gasteiger partial charge in [0.25, 0.3) is 0 Å². The zero-order valence-corrected chi connectivity index (χ0v) is 19.1. The Morgan fingerprint density at radius 2 is 0.794 bits per heavy atom. The van der Waals surface area contributed by atoms with E-state index in [0.29, 0.717) is 11.1 Å². The second-order valence-corrected chi connectivity index (χ2v) is 8.03. The molecule has 0 N–H and O–H groups in total. The van der Waals surface area contributed by atoms with Crippen molar-refractivity contribution in [2.45, 2.75) is 13.8 Å². The van der Waals surface area contributed by atoms with Gasteiger partial charge in [-0.1, -0.05) is 86.6 Å². The molecule has 0 aromatic heterocycles. The van der Waals surface area contributed by atoms with E-state index in [-0.39, 0.29) is 0 Å². The lowest BCUT2D eigenvalue weighted by molar-refractivity contribution is 1.48. The zero-order chi connectivity index (χ0) is 23.7. The topological polar surface area (TPSA) is 47.6 Å². The van der Waals surface area contributed by atoms with E-state index in [1.54, 1.807) is 0 Å². The molecule has 6 aromatic rings. The Kier molecular flexibility index (Phi) is 5.43. The summed E-state index contributed by atoms with van der Waals surface area (Å²) >= 11 is 0. The molecule has 0 bridgehead atoms. The van der Waals surface area contributed by atoms with Crippen LogP contribution in [-0.2, 0) is 0 Å². The lowest BCUT2D eigenvalue weighted by Crippen LogP contribution is -1.89. The summed E-state index contributed by atoms with van der Waals surface area (Å²) in [5.74, 6) is 0. The quantitative estimate of drug-likeness (QED) is 0.256. The molecule has 160 valence electrons. The Morgan fingerprint density at radius 1 is 0.441 bits per heavy atom. The molecule has 0 amide bonds. The first-order valence-electron chi connectivity index (χ1n) is 11.5. The van der Waals surface area contributed by atoms with Gasteiger partial charge in [0.15, 0.2) is 0 Å². The third-order valence-electron chi connectivity index (χ3n) is 6.31. The molecule has 0 heterocycles. The maximum atomic E-state index is 9.14. The van der Waals surface area contributed by atoms with Gasteiger partial charge in [-0.3, -0.25) is 0 Å². The molecule has 0 atom stereocenters. The molecule has 0 fully saturated rings. The molecule has 0 radical (unpaired) electrons. The van der Waals surface area contributed by atoms with Gasteiger partial charge < -0.3 is 0 Å². The van der Waals surface area contributed by atoms with Crippen LogP contribution >= 0.6 is 0 Å². The van der Waals surface area contributed by atoms with Crippen molar-refractivity contribution in [2.75, 3.05) is 0 Å². The summed E-state index contributed by atoms with van der Waals surface area (Å²) in [7, 11) is 0. The van der Waals surface area contributed by atoms with Crippen molar-refractivity contribution in [1.82, 2.24) is 0 Å². The van der Waals surface area contributed by atoms with Crippen LogP contribution in [0.2, 0.25) is 0 Å². The maximum Gasteiger partial charge on any atom is 0.0991 e. The average molecular weight is 435 g/mol. The Bertz CT molecular complexity index is 1580. The van der Waals surface area contributed by atoms with E-state index >= 15 is 0 Å². The molecule has 2 heteroatoms. The fourth-order valence-corrected chi connectivity index (χ4v) is 4.75. The summed E-state index contributed by atoms with van der Waals surface area (Å²) in [4.78, 5) is 0. The second kappa shape index (κ2) is 8.70. The normalized spacial score (nSPS) is 10.6. The van der Waals surface area contributed by atoms with Gasteiger partial charge >= 0.3 is 0 Å². The Hall–Kier alpha value is -4.66. The van der Waals surface area contributed by atoms with Gasteiger partial charge in [0.2, 0.25) is 0 Å². The van der Waals surface area contributed by atoms with Crippen LogP contribution in [0.1, 0.15) is 25.0 Å². The fraction of sp³-hybridized carbons (Fsp3) is 0.0625. The Morgan fingerprint density at radius 3 is 1.15 bits per heavy atom. The molecule has 0 aliphatic carbocycles. The van der Waals surface area contributed by atoms with Gasteiger partial charge in [-0.15, -0.1) is 0 Å². The molecule has 0 spiro atoms. The number of nitrogens with zero attached hydrogens (tertiary/aromatic N) is 2. The van der Waals surface area contributed by atoms with E-state index in [0.717, 1.165) is 11.1 Å². The van der Waals surface area contributed by atoms with E-state index in [4.69, 9.17) is 10.5 Å². The SMILES string of the molecule is CC.N#Cc1ccc(-c2ccc3ccc4c(-c5ccc(C#N)cc5)ccc5ccc2c3c54)cc1. The minimum Gasteiger partial charge on any atom is -0.192 e. The summed E-state index contributed by atoms with van der Waals surface area (Å²) < 4.78 is 0. The van der Waals surface area contributed by atoms with E-state index in [2.05, 4.69) is 60.7 Å². The molecule has 2 nitrogen and oxygen atoms in total. The second-order valence-electron chi connectivity index (χ2n) is 8.03. The highest BCUT2D eigenvalue weighted by Gasteiger charge is 2.14. The number of hydrogen-bond donors (Lipinski definition) is 0. The predicted molar refractivity (Wildman–Crippen MR) is 142 cm³/mol. The van der Waals surface area contributed by atoms with Crippen molar-refractivity contribution in [3.05, 3.63) is 108 Å². The standard InChI is InChI=1S/C30H16N2.C2H6/c31-17-19-1-5-21(6-2-19)25-13-9-23-12-16-28-26(22-7-3-20(18-32)4-8-22)14-10-24-11-15-27(25)29(23)30(24)28;1-2/h1-16H;1-2H3. The summed E-state index contributed by atoms with van der Waals surface area (Å²) in [6.45, 7) is 4.00. The van der Waals surface area contributed by atoms with Crippen molar-refractivity contribution in [3.8, 4) is 34.4 Å². The molecule has 0 aliphatic heterocycles. The number of nitriles is 2. The van der Waals surface area contributed by atoms with Crippen LogP contribution in [0, 0.1) is 22.7 Å². The smallest absolute Gasteiger partial charge is 0.0991 e. The van der Waals surface area contributed by atoms with Crippen molar-refractivity contribution in [1.29, 1.82) is 10.5 Å². The molecule has 0 unspecified atom stereocenters. The number of rotatable bonds is 2. The highest BCUT2D eigenvalue weighted by molar-refractivity contribution is 6.27.